The van der Waals surface area contributed by atoms with Crippen LogP contribution in [0.3, 0.4) is 0 Å². The molecular formula is C27H26O4. The van der Waals surface area contributed by atoms with E-state index in [-0.39, 0.29) is 11.9 Å². The molecule has 0 aliphatic carbocycles. The molecule has 1 heterocycles. The zero-order valence-corrected chi connectivity index (χ0v) is 18.3. The minimum atomic E-state index is -1.05. The molecule has 4 heteroatoms. The average molecular weight is 415 g/mol. The largest absolute Gasteiger partial charge is 0.441 e. The standard InChI is InChI=1S/C27H26O4/c1-5-8-25(28)30-24-14-13-21(16-19(24)4)27(20-12-11-17(2)18(3)15-20)23-10-7-6-9-22(23)26(29)31-27/h6-7,9-16H,5,8H2,1-4H3. The van der Waals surface area contributed by atoms with Crippen LogP contribution < -0.4 is 4.74 Å². The monoisotopic (exact) mass is 414 g/mol. The molecule has 0 fully saturated rings. The molecule has 0 spiro atoms. The van der Waals surface area contributed by atoms with Crippen molar-refractivity contribution in [3.63, 3.8) is 0 Å². The van der Waals surface area contributed by atoms with Gasteiger partial charge in [0, 0.05) is 23.1 Å². The highest BCUT2D eigenvalue weighted by molar-refractivity contribution is 5.96. The lowest BCUT2D eigenvalue weighted by molar-refractivity contribution is -0.134. The molecule has 0 saturated heterocycles. The van der Waals surface area contributed by atoms with Crippen LogP contribution in [0.5, 0.6) is 5.75 Å². The van der Waals surface area contributed by atoms with Gasteiger partial charge in [-0.05, 0) is 62.1 Å². The van der Waals surface area contributed by atoms with Crippen LogP contribution >= 0.6 is 0 Å². The lowest BCUT2D eigenvalue weighted by Gasteiger charge is -2.31. The minimum Gasteiger partial charge on any atom is -0.441 e. The summed E-state index contributed by atoms with van der Waals surface area (Å²) < 4.78 is 11.7. The minimum absolute atomic E-state index is 0.250. The third kappa shape index (κ3) is 3.52. The van der Waals surface area contributed by atoms with E-state index < -0.39 is 5.60 Å². The van der Waals surface area contributed by atoms with Crippen LogP contribution in [0.25, 0.3) is 0 Å². The topological polar surface area (TPSA) is 52.6 Å². The first-order chi connectivity index (χ1) is 14.9. The number of benzene rings is 3. The smallest absolute Gasteiger partial charge is 0.340 e. The Kier molecular flexibility index (Phi) is 5.40. The van der Waals surface area contributed by atoms with Gasteiger partial charge in [0.05, 0.1) is 5.56 Å². The average Bonchev–Trinajstić information content (AvgIpc) is 3.05. The lowest BCUT2D eigenvalue weighted by Crippen LogP contribution is -2.30. The third-order valence-electron chi connectivity index (χ3n) is 5.94. The molecule has 0 bridgehead atoms. The number of carbonyl (C=O) groups excluding carboxylic acids is 2. The van der Waals surface area contributed by atoms with Crippen LogP contribution in [0.2, 0.25) is 0 Å². The van der Waals surface area contributed by atoms with E-state index in [0.29, 0.717) is 17.7 Å². The summed E-state index contributed by atoms with van der Waals surface area (Å²) in [4.78, 5) is 24.8. The van der Waals surface area contributed by atoms with Crippen molar-refractivity contribution in [2.75, 3.05) is 0 Å². The van der Waals surface area contributed by atoms with Crippen molar-refractivity contribution in [3.8, 4) is 5.75 Å². The van der Waals surface area contributed by atoms with Gasteiger partial charge in [-0.1, -0.05) is 49.4 Å². The van der Waals surface area contributed by atoms with Gasteiger partial charge in [-0.25, -0.2) is 4.79 Å². The van der Waals surface area contributed by atoms with Crippen LogP contribution in [0.1, 0.15) is 63.5 Å². The Morgan fingerprint density at radius 1 is 0.903 bits per heavy atom. The number of carbonyl (C=O) groups is 2. The summed E-state index contributed by atoms with van der Waals surface area (Å²) in [6, 6.07) is 19.3. The van der Waals surface area contributed by atoms with Crippen molar-refractivity contribution in [2.24, 2.45) is 0 Å². The fraction of sp³-hybridized carbons (Fsp3) is 0.259. The number of fused-ring (bicyclic) bond motifs is 1. The van der Waals surface area contributed by atoms with Gasteiger partial charge in [-0.3, -0.25) is 4.79 Å². The van der Waals surface area contributed by atoms with Crippen molar-refractivity contribution in [3.05, 3.63) is 99.6 Å². The van der Waals surface area contributed by atoms with Crippen LogP contribution in [0.4, 0.5) is 0 Å². The molecule has 3 aromatic carbocycles. The van der Waals surface area contributed by atoms with Crippen molar-refractivity contribution < 1.29 is 19.1 Å². The number of rotatable bonds is 5. The Bertz CT molecular complexity index is 1180. The van der Waals surface area contributed by atoms with Gasteiger partial charge < -0.3 is 9.47 Å². The number of aryl methyl sites for hydroxylation is 3. The van der Waals surface area contributed by atoms with E-state index in [1.165, 1.54) is 5.56 Å². The Morgan fingerprint density at radius 2 is 1.58 bits per heavy atom. The summed E-state index contributed by atoms with van der Waals surface area (Å²) in [5.41, 5.74) is 5.15. The summed E-state index contributed by atoms with van der Waals surface area (Å²) in [6.07, 6.45) is 1.11. The molecule has 3 aromatic rings. The highest BCUT2D eigenvalue weighted by Gasteiger charge is 2.48. The molecule has 1 aliphatic heterocycles. The molecule has 1 atom stereocenters. The maximum absolute atomic E-state index is 12.9. The summed E-state index contributed by atoms with van der Waals surface area (Å²) >= 11 is 0. The van der Waals surface area contributed by atoms with Crippen LogP contribution in [0.15, 0.2) is 60.7 Å². The Hall–Kier alpha value is -3.40. The van der Waals surface area contributed by atoms with E-state index in [2.05, 4.69) is 26.0 Å². The highest BCUT2D eigenvalue weighted by Crippen LogP contribution is 2.47. The second-order valence-corrected chi connectivity index (χ2v) is 8.12. The molecule has 158 valence electrons. The normalized spacial score (nSPS) is 17.2. The SMILES string of the molecule is CCCC(=O)Oc1ccc(C2(c3ccc(C)c(C)c3)OC(=O)c3ccccc32)cc1C. The molecule has 4 nitrogen and oxygen atoms in total. The molecular weight excluding hydrogens is 388 g/mol. The first-order valence-electron chi connectivity index (χ1n) is 10.6. The zero-order valence-electron chi connectivity index (χ0n) is 18.3. The number of hydrogen-bond donors (Lipinski definition) is 0. The van der Waals surface area contributed by atoms with Crippen molar-refractivity contribution in [2.45, 2.75) is 46.1 Å². The quantitative estimate of drug-likeness (QED) is 0.392. The first kappa shape index (κ1) is 20.9. The zero-order chi connectivity index (χ0) is 22.2. The molecule has 31 heavy (non-hydrogen) atoms. The first-order valence-corrected chi connectivity index (χ1v) is 10.6. The van der Waals surface area contributed by atoms with Gasteiger partial charge >= 0.3 is 11.9 Å². The molecule has 0 amide bonds. The Labute approximate surface area is 182 Å². The fourth-order valence-corrected chi connectivity index (χ4v) is 4.13. The number of esters is 2. The van der Waals surface area contributed by atoms with Crippen LogP contribution in [-0.4, -0.2) is 11.9 Å². The van der Waals surface area contributed by atoms with Crippen molar-refractivity contribution >= 4 is 11.9 Å². The number of cyclic esters (lactones) is 1. The second-order valence-electron chi connectivity index (χ2n) is 8.12. The molecule has 0 N–H and O–H groups in total. The number of ether oxygens (including phenoxy) is 2. The van der Waals surface area contributed by atoms with Crippen LogP contribution in [-0.2, 0) is 15.1 Å². The molecule has 0 aromatic heterocycles. The van der Waals surface area contributed by atoms with E-state index >= 15 is 0 Å². The fourth-order valence-electron chi connectivity index (χ4n) is 4.13. The summed E-state index contributed by atoms with van der Waals surface area (Å²) in [7, 11) is 0. The summed E-state index contributed by atoms with van der Waals surface area (Å²) in [5, 5.41) is 0. The van der Waals surface area contributed by atoms with Crippen molar-refractivity contribution in [1.29, 1.82) is 0 Å². The molecule has 4 rings (SSSR count). The van der Waals surface area contributed by atoms with Gasteiger partial charge in [-0.15, -0.1) is 0 Å². The number of hydrogen-bond acceptors (Lipinski definition) is 4. The maximum atomic E-state index is 12.9. The predicted octanol–water partition coefficient (Wildman–Crippen LogP) is 5.78. The molecule has 0 radical (unpaired) electrons. The highest BCUT2D eigenvalue weighted by atomic mass is 16.6. The summed E-state index contributed by atoms with van der Waals surface area (Å²) in [6.45, 7) is 7.95. The van der Waals surface area contributed by atoms with Gasteiger partial charge in [0.1, 0.15) is 5.75 Å². The maximum Gasteiger partial charge on any atom is 0.340 e. The molecule has 1 unspecified atom stereocenters. The van der Waals surface area contributed by atoms with E-state index in [0.717, 1.165) is 34.2 Å². The Morgan fingerprint density at radius 3 is 2.26 bits per heavy atom. The Balaban J connectivity index is 1.89. The predicted molar refractivity (Wildman–Crippen MR) is 119 cm³/mol. The van der Waals surface area contributed by atoms with E-state index in [4.69, 9.17) is 9.47 Å². The van der Waals surface area contributed by atoms with Crippen molar-refractivity contribution in [1.82, 2.24) is 0 Å². The van der Waals surface area contributed by atoms with E-state index in [9.17, 15) is 9.59 Å². The van der Waals surface area contributed by atoms with E-state index in [1.807, 2.05) is 50.2 Å². The molecule has 0 saturated carbocycles. The van der Waals surface area contributed by atoms with Crippen LogP contribution in [0, 0.1) is 20.8 Å². The second kappa shape index (κ2) is 8.03. The third-order valence-corrected chi connectivity index (χ3v) is 5.94. The summed E-state index contributed by atoms with van der Waals surface area (Å²) in [5.74, 6) is -0.0696. The van der Waals surface area contributed by atoms with Gasteiger partial charge in [-0.2, -0.15) is 0 Å². The lowest BCUT2D eigenvalue weighted by atomic mass is 9.78. The molecule has 1 aliphatic rings. The van der Waals surface area contributed by atoms with Gasteiger partial charge in [0.2, 0.25) is 0 Å². The van der Waals surface area contributed by atoms with Gasteiger partial charge in [0.15, 0.2) is 5.60 Å². The van der Waals surface area contributed by atoms with E-state index in [1.54, 1.807) is 12.1 Å². The van der Waals surface area contributed by atoms with Gasteiger partial charge in [0.25, 0.3) is 0 Å².